The van der Waals surface area contributed by atoms with Crippen LogP contribution in [0.3, 0.4) is 0 Å². The predicted octanol–water partition coefficient (Wildman–Crippen LogP) is 1.71. The minimum Gasteiger partial charge on any atom is -0.326 e. The fourth-order valence-electron chi connectivity index (χ4n) is 1.12. The largest absolute Gasteiger partial charge is 0.326 e. The van der Waals surface area contributed by atoms with Crippen molar-refractivity contribution in [2.75, 3.05) is 6.26 Å². The summed E-state index contributed by atoms with van der Waals surface area (Å²) in [7, 11) is 0. The maximum Gasteiger partial charge on any atom is 0.0376 e. The highest BCUT2D eigenvalue weighted by atomic mass is 32.2. The summed E-state index contributed by atoms with van der Waals surface area (Å²) in [5.41, 5.74) is 9.13. The Hall–Kier alpha value is -0.540. The second kappa shape index (κ2) is 4.48. The van der Waals surface area contributed by atoms with Crippen LogP contribution < -0.4 is 5.73 Å². The minimum atomic E-state index is 0.610. The van der Waals surface area contributed by atoms with Crippen LogP contribution in [-0.2, 0) is 12.3 Å². The van der Waals surface area contributed by atoms with Crippen molar-refractivity contribution < 1.29 is 0 Å². The van der Waals surface area contributed by atoms with E-state index in [0.29, 0.717) is 6.54 Å². The molecule has 66 valence electrons. The molecule has 0 unspecified atom stereocenters. The summed E-state index contributed by atoms with van der Waals surface area (Å²) >= 11 is 1.79. The quantitative estimate of drug-likeness (QED) is 0.773. The van der Waals surface area contributed by atoms with Crippen molar-refractivity contribution in [1.29, 1.82) is 0 Å². The number of hydrogen-bond donors (Lipinski definition) is 1. The van der Waals surface area contributed by atoms with E-state index in [1.807, 2.05) is 13.1 Å². The Labute approximate surface area is 77.6 Å². The van der Waals surface area contributed by atoms with Gasteiger partial charge in [0.1, 0.15) is 0 Å². The monoisotopic (exact) mass is 182 g/mol. The standard InChI is InChI=1S/C9H14N2S/c1-7-3-8(4-10)9(5-11-7)6-12-2/h3,5H,4,6,10H2,1-2H3. The number of rotatable bonds is 3. The van der Waals surface area contributed by atoms with Crippen LogP contribution in [0.2, 0.25) is 0 Å². The molecule has 12 heavy (non-hydrogen) atoms. The van der Waals surface area contributed by atoms with Crippen LogP contribution in [0.1, 0.15) is 16.8 Å². The Morgan fingerprint density at radius 2 is 2.25 bits per heavy atom. The molecule has 0 radical (unpaired) electrons. The molecule has 1 heterocycles. The van der Waals surface area contributed by atoms with Crippen LogP contribution in [0, 0.1) is 6.92 Å². The fourth-order valence-corrected chi connectivity index (χ4v) is 1.69. The van der Waals surface area contributed by atoms with E-state index in [0.717, 1.165) is 11.4 Å². The first-order chi connectivity index (χ1) is 5.77. The second-order valence-electron chi connectivity index (χ2n) is 2.73. The fraction of sp³-hybridized carbons (Fsp3) is 0.444. The van der Waals surface area contributed by atoms with Gasteiger partial charge < -0.3 is 5.73 Å². The number of thioether (sulfide) groups is 1. The van der Waals surface area contributed by atoms with E-state index in [1.54, 1.807) is 11.8 Å². The lowest BCUT2D eigenvalue weighted by atomic mass is 10.1. The molecule has 0 aliphatic rings. The van der Waals surface area contributed by atoms with Gasteiger partial charge in [0.15, 0.2) is 0 Å². The molecule has 0 aliphatic heterocycles. The van der Waals surface area contributed by atoms with E-state index < -0.39 is 0 Å². The molecule has 2 nitrogen and oxygen atoms in total. The van der Waals surface area contributed by atoms with Gasteiger partial charge >= 0.3 is 0 Å². The normalized spacial score (nSPS) is 10.2. The van der Waals surface area contributed by atoms with Crippen LogP contribution in [0.25, 0.3) is 0 Å². The lowest BCUT2D eigenvalue weighted by Gasteiger charge is -2.05. The minimum absolute atomic E-state index is 0.610. The van der Waals surface area contributed by atoms with E-state index >= 15 is 0 Å². The Morgan fingerprint density at radius 3 is 2.83 bits per heavy atom. The number of hydrogen-bond acceptors (Lipinski definition) is 3. The molecule has 0 saturated heterocycles. The van der Waals surface area contributed by atoms with Gasteiger partial charge in [-0.1, -0.05) is 0 Å². The molecular formula is C9H14N2S. The second-order valence-corrected chi connectivity index (χ2v) is 3.60. The van der Waals surface area contributed by atoms with Gasteiger partial charge in [-0.25, -0.2) is 0 Å². The highest BCUT2D eigenvalue weighted by Crippen LogP contribution is 2.14. The van der Waals surface area contributed by atoms with Gasteiger partial charge in [-0.15, -0.1) is 0 Å². The third kappa shape index (κ3) is 2.22. The van der Waals surface area contributed by atoms with E-state index in [-0.39, 0.29) is 0 Å². The average Bonchev–Trinajstić information content (AvgIpc) is 2.08. The molecule has 1 aromatic rings. The molecule has 2 N–H and O–H groups in total. The summed E-state index contributed by atoms with van der Waals surface area (Å²) in [4.78, 5) is 4.24. The Kier molecular flexibility index (Phi) is 3.56. The molecule has 0 fully saturated rings. The van der Waals surface area contributed by atoms with Crippen LogP contribution in [-0.4, -0.2) is 11.2 Å². The SMILES string of the molecule is CSCc1cnc(C)cc1CN. The van der Waals surface area contributed by atoms with Gasteiger partial charge in [0.05, 0.1) is 0 Å². The number of nitrogens with two attached hydrogens (primary N) is 1. The number of nitrogens with zero attached hydrogens (tertiary/aromatic N) is 1. The molecule has 1 rings (SSSR count). The Bertz CT molecular complexity index is 261. The van der Waals surface area contributed by atoms with Crippen molar-refractivity contribution in [2.45, 2.75) is 19.2 Å². The van der Waals surface area contributed by atoms with E-state index in [9.17, 15) is 0 Å². The van der Waals surface area contributed by atoms with Crippen molar-refractivity contribution in [3.05, 3.63) is 29.1 Å². The van der Waals surface area contributed by atoms with Crippen molar-refractivity contribution in [3.8, 4) is 0 Å². The van der Waals surface area contributed by atoms with Crippen LogP contribution in [0.4, 0.5) is 0 Å². The smallest absolute Gasteiger partial charge is 0.0376 e. The molecular weight excluding hydrogens is 168 g/mol. The van der Waals surface area contributed by atoms with Crippen molar-refractivity contribution in [1.82, 2.24) is 4.98 Å². The summed E-state index contributed by atoms with van der Waals surface area (Å²) in [5, 5.41) is 0. The van der Waals surface area contributed by atoms with Crippen molar-refractivity contribution >= 4 is 11.8 Å². The maximum atomic E-state index is 5.61. The van der Waals surface area contributed by atoms with E-state index in [4.69, 9.17) is 5.73 Å². The number of aryl methyl sites for hydroxylation is 1. The van der Waals surface area contributed by atoms with Gasteiger partial charge in [0.25, 0.3) is 0 Å². The highest BCUT2D eigenvalue weighted by molar-refractivity contribution is 7.97. The van der Waals surface area contributed by atoms with E-state index in [2.05, 4.69) is 17.3 Å². The number of pyridine rings is 1. The third-order valence-electron chi connectivity index (χ3n) is 1.74. The van der Waals surface area contributed by atoms with Gasteiger partial charge in [-0.05, 0) is 30.4 Å². The first-order valence-corrected chi connectivity index (χ1v) is 5.30. The highest BCUT2D eigenvalue weighted by Gasteiger charge is 2.00. The molecule has 0 aromatic carbocycles. The lowest BCUT2D eigenvalue weighted by molar-refractivity contribution is 1.01. The zero-order valence-electron chi connectivity index (χ0n) is 7.50. The molecule has 0 spiro atoms. The summed E-state index contributed by atoms with van der Waals surface area (Å²) < 4.78 is 0. The van der Waals surface area contributed by atoms with E-state index in [1.165, 1.54) is 11.1 Å². The first kappa shape index (κ1) is 9.55. The third-order valence-corrected chi connectivity index (χ3v) is 2.34. The van der Waals surface area contributed by atoms with Gasteiger partial charge in [0.2, 0.25) is 0 Å². The van der Waals surface area contributed by atoms with Gasteiger partial charge in [-0.2, -0.15) is 11.8 Å². The topological polar surface area (TPSA) is 38.9 Å². The van der Waals surface area contributed by atoms with Crippen molar-refractivity contribution in [3.63, 3.8) is 0 Å². The van der Waals surface area contributed by atoms with Gasteiger partial charge in [-0.3, -0.25) is 4.98 Å². The zero-order chi connectivity index (χ0) is 8.97. The first-order valence-electron chi connectivity index (χ1n) is 3.91. The van der Waals surface area contributed by atoms with Crippen LogP contribution >= 0.6 is 11.8 Å². The maximum absolute atomic E-state index is 5.61. The molecule has 1 aromatic heterocycles. The molecule has 3 heteroatoms. The summed E-state index contributed by atoms with van der Waals surface area (Å²) in [5.74, 6) is 1.000. The van der Waals surface area contributed by atoms with Crippen molar-refractivity contribution in [2.24, 2.45) is 5.73 Å². The predicted molar refractivity (Wildman–Crippen MR) is 54.1 cm³/mol. The molecule has 0 amide bonds. The molecule has 0 saturated carbocycles. The molecule has 0 aliphatic carbocycles. The molecule has 0 bridgehead atoms. The summed E-state index contributed by atoms with van der Waals surface area (Å²) in [6, 6.07) is 2.06. The Morgan fingerprint density at radius 1 is 1.50 bits per heavy atom. The number of aromatic nitrogens is 1. The van der Waals surface area contributed by atoms with Crippen LogP contribution in [0.5, 0.6) is 0 Å². The summed E-state index contributed by atoms with van der Waals surface area (Å²) in [6.45, 7) is 2.60. The zero-order valence-corrected chi connectivity index (χ0v) is 8.32. The lowest BCUT2D eigenvalue weighted by Crippen LogP contribution is -2.02. The van der Waals surface area contributed by atoms with Crippen LogP contribution in [0.15, 0.2) is 12.3 Å². The molecule has 0 atom stereocenters. The van der Waals surface area contributed by atoms with Gasteiger partial charge in [0, 0.05) is 24.2 Å². The Balaban J connectivity index is 2.94. The average molecular weight is 182 g/mol. The summed E-state index contributed by atoms with van der Waals surface area (Å²) in [6.07, 6.45) is 4.01.